The third-order valence-electron chi connectivity index (χ3n) is 4.55. The minimum absolute atomic E-state index is 0. The van der Waals surface area contributed by atoms with Gasteiger partial charge in [-0.15, -0.1) is 0 Å². The largest absolute Gasteiger partial charge is 0.487 e. The number of rotatable bonds is 5. The van der Waals surface area contributed by atoms with Crippen molar-refractivity contribution in [2.75, 3.05) is 11.9 Å². The van der Waals surface area contributed by atoms with Crippen LogP contribution in [0.3, 0.4) is 0 Å². The molecule has 1 aliphatic heterocycles. The minimum Gasteiger partial charge on any atom is -0.487 e. The molecule has 1 aliphatic rings. The van der Waals surface area contributed by atoms with Crippen LogP contribution in [0.2, 0.25) is 0 Å². The molecule has 6 heteroatoms. The summed E-state index contributed by atoms with van der Waals surface area (Å²) in [6.45, 7) is 1.37. The van der Waals surface area contributed by atoms with E-state index in [1.807, 2.05) is 60.7 Å². The van der Waals surface area contributed by atoms with Crippen molar-refractivity contribution in [3.8, 4) is 5.75 Å². The molecule has 0 radical (unpaired) electrons. The van der Waals surface area contributed by atoms with Crippen molar-refractivity contribution in [1.82, 2.24) is 10.3 Å². The number of nitrogens with zero attached hydrogens (tertiary/aromatic N) is 1. The zero-order valence-electron chi connectivity index (χ0n) is 14.9. The number of fused-ring (bicyclic) bond motifs is 1. The average molecular weight is 382 g/mol. The number of benzene rings is 2. The van der Waals surface area contributed by atoms with E-state index < -0.39 is 0 Å². The van der Waals surface area contributed by atoms with Crippen LogP contribution in [-0.4, -0.2) is 23.5 Å². The first kappa shape index (κ1) is 19.2. The molecule has 1 atom stereocenters. The van der Waals surface area contributed by atoms with Gasteiger partial charge < -0.3 is 15.4 Å². The van der Waals surface area contributed by atoms with Gasteiger partial charge in [0.25, 0.3) is 0 Å². The van der Waals surface area contributed by atoms with E-state index in [-0.39, 0.29) is 25.4 Å². The standard InChI is InChI=1S/C21H21N3O2.H2S/c25-21(17-9-5-13-22-17)24-19-12-11-16-8-4-10-18(20(16)23-19)26-14-15-6-2-1-3-7-15;/h1-4,6-8,10-12,17,22H,5,9,13-14H2,(H,23,24,25);1H2/t17-;/m0./s1. The van der Waals surface area contributed by atoms with Crippen LogP contribution in [0.15, 0.2) is 60.7 Å². The Morgan fingerprint density at radius 2 is 1.96 bits per heavy atom. The fourth-order valence-corrected chi connectivity index (χ4v) is 3.16. The molecular weight excluding hydrogens is 358 g/mol. The predicted molar refractivity (Wildman–Crippen MR) is 113 cm³/mol. The average Bonchev–Trinajstić information content (AvgIpc) is 3.22. The number of nitrogens with one attached hydrogen (secondary N) is 2. The summed E-state index contributed by atoms with van der Waals surface area (Å²) in [5.74, 6) is 1.23. The molecule has 0 spiro atoms. The summed E-state index contributed by atoms with van der Waals surface area (Å²) in [7, 11) is 0. The van der Waals surface area contributed by atoms with Gasteiger partial charge in [-0.25, -0.2) is 4.98 Å². The Labute approximate surface area is 165 Å². The number of amides is 1. The number of ether oxygens (including phenoxy) is 1. The van der Waals surface area contributed by atoms with Gasteiger partial charge in [-0.2, -0.15) is 13.5 Å². The van der Waals surface area contributed by atoms with E-state index in [4.69, 9.17) is 4.74 Å². The summed E-state index contributed by atoms with van der Waals surface area (Å²) in [5, 5.41) is 7.09. The number of aromatic nitrogens is 1. The molecule has 3 aromatic rings. The van der Waals surface area contributed by atoms with Crippen LogP contribution in [-0.2, 0) is 11.4 Å². The molecule has 2 N–H and O–H groups in total. The third kappa shape index (κ3) is 4.59. The van der Waals surface area contributed by atoms with Crippen molar-refractivity contribution < 1.29 is 9.53 Å². The van der Waals surface area contributed by atoms with Gasteiger partial charge in [0.05, 0.1) is 6.04 Å². The first-order valence-corrected chi connectivity index (χ1v) is 8.90. The van der Waals surface area contributed by atoms with Crippen molar-refractivity contribution in [3.63, 3.8) is 0 Å². The molecule has 1 saturated heterocycles. The molecule has 4 rings (SSSR count). The molecule has 1 aromatic heterocycles. The zero-order valence-corrected chi connectivity index (χ0v) is 15.9. The van der Waals surface area contributed by atoms with Gasteiger partial charge >= 0.3 is 0 Å². The summed E-state index contributed by atoms with van der Waals surface area (Å²) < 4.78 is 5.98. The van der Waals surface area contributed by atoms with E-state index in [2.05, 4.69) is 15.6 Å². The Morgan fingerprint density at radius 3 is 2.74 bits per heavy atom. The molecule has 2 heterocycles. The van der Waals surface area contributed by atoms with Gasteiger partial charge in [0.1, 0.15) is 23.7 Å². The molecule has 140 valence electrons. The molecule has 2 aromatic carbocycles. The smallest absolute Gasteiger partial charge is 0.242 e. The Hall–Kier alpha value is -2.57. The van der Waals surface area contributed by atoms with E-state index in [9.17, 15) is 4.79 Å². The molecule has 1 fully saturated rings. The maximum Gasteiger partial charge on any atom is 0.242 e. The Kier molecular flexibility index (Phi) is 6.32. The molecule has 0 bridgehead atoms. The highest BCUT2D eigenvalue weighted by Gasteiger charge is 2.22. The summed E-state index contributed by atoms with van der Waals surface area (Å²) in [4.78, 5) is 16.9. The lowest BCUT2D eigenvalue weighted by Gasteiger charge is -2.12. The van der Waals surface area contributed by atoms with Gasteiger partial charge in [-0.05, 0) is 43.1 Å². The molecule has 0 saturated carbocycles. The number of anilines is 1. The fraction of sp³-hybridized carbons (Fsp3) is 0.238. The summed E-state index contributed by atoms with van der Waals surface area (Å²) in [6.07, 6.45) is 1.89. The fourth-order valence-electron chi connectivity index (χ4n) is 3.16. The number of carbonyl (C=O) groups excluding carboxylic acids is 1. The Balaban J connectivity index is 0.00000210. The van der Waals surface area contributed by atoms with Crippen molar-refractivity contribution in [3.05, 3.63) is 66.2 Å². The third-order valence-corrected chi connectivity index (χ3v) is 4.55. The van der Waals surface area contributed by atoms with Gasteiger partial charge in [-0.3, -0.25) is 4.79 Å². The van der Waals surface area contributed by atoms with Crippen molar-refractivity contribution in [2.45, 2.75) is 25.5 Å². The number of hydrogen-bond donors (Lipinski definition) is 2. The van der Waals surface area contributed by atoms with Crippen LogP contribution in [0.25, 0.3) is 10.9 Å². The zero-order chi connectivity index (χ0) is 17.8. The van der Waals surface area contributed by atoms with E-state index in [0.717, 1.165) is 35.9 Å². The molecule has 0 unspecified atom stereocenters. The van der Waals surface area contributed by atoms with Crippen molar-refractivity contribution >= 4 is 36.1 Å². The minimum atomic E-state index is -0.128. The summed E-state index contributed by atoms with van der Waals surface area (Å²) in [6, 6.07) is 19.5. The lowest BCUT2D eigenvalue weighted by Crippen LogP contribution is -2.35. The van der Waals surface area contributed by atoms with Crippen LogP contribution < -0.4 is 15.4 Å². The maximum absolute atomic E-state index is 12.3. The van der Waals surface area contributed by atoms with Crippen LogP contribution in [0.1, 0.15) is 18.4 Å². The topological polar surface area (TPSA) is 63.2 Å². The molecule has 5 nitrogen and oxygen atoms in total. The molecular formula is C21H23N3O2S. The van der Waals surface area contributed by atoms with Gasteiger partial charge in [0.2, 0.25) is 5.91 Å². The molecule has 0 aliphatic carbocycles. The quantitative estimate of drug-likeness (QED) is 0.709. The monoisotopic (exact) mass is 381 g/mol. The maximum atomic E-state index is 12.3. The van der Waals surface area contributed by atoms with Gasteiger partial charge in [0, 0.05) is 5.39 Å². The number of pyridine rings is 1. The highest BCUT2D eigenvalue weighted by Crippen LogP contribution is 2.26. The van der Waals surface area contributed by atoms with Gasteiger partial charge in [-0.1, -0.05) is 42.5 Å². The van der Waals surface area contributed by atoms with Crippen LogP contribution in [0.4, 0.5) is 5.82 Å². The van der Waals surface area contributed by atoms with E-state index in [1.54, 1.807) is 0 Å². The normalized spacial score (nSPS) is 15.9. The highest BCUT2D eigenvalue weighted by atomic mass is 32.1. The summed E-state index contributed by atoms with van der Waals surface area (Å²) in [5.41, 5.74) is 1.85. The van der Waals surface area contributed by atoms with E-state index in [0.29, 0.717) is 18.2 Å². The number of carbonyl (C=O) groups is 1. The predicted octanol–water partition coefficient (Wildman–Crippen LogP) is 3.62. The Morgan fingerprint density at radius 1 is 1.11 bits per heavy atom. The molecule has 27 heavy (non-hydrogen) atoms. The second kappa shape index (κ2) is 8.88. The van der Waals surface area contributed by atoms with Crippen LogP contribution in [0, 0.1) is 0 Å². The number of hydrogen-bond acceptors (Lipinski definition) is 4. The first-order chi connectivity index (χ1) is 12.8. The number of para-hydroxylation sites is 1. The summed E-state index contributed by atoms with van der Waals surface area (Å²) >= 11 is 0. The lowest BCUT2D eigenvalue weighted by molar-refractivity contribution is -0.117. The van der Waals surface area contributed by atoms with Crippen molar-refractivity contribution in [2.24, 2.45) is 0 Å². The second-order valence-corrected chi connectivity index (χ2v) is 6.44. The first-order valence-electron chi connectivity index (χ1n) is 8.90. The second-order valence-electron chi connectivity index (χ2n) is 6.44. The Bertz CT molecular complexity index is 912. The van der Waals surface area contributed by atoms with E-state index >= 15 is 0 Å². The SMILES string of the molecule is O=C(Nc1ccc2cccc(OCc3ccccc3)c2n1)[C@@H]1CCCN1.S. The van der Waals surface area contributed by atoms with Crippen LogP contribution in [0.5, 0.6) is 5.75 Å². The lowest BCUT2D eigenvalue weighted by atomic mass is 10.2. The highest BCUT2D eigenvalue weighted by molar-refractivity contribution is 7.59. The van der Waals surface area contributed by atoms with E-state index in [1.165, 1.54) is 0 Å². The van der Waals surface area contributed by atoms with Crippen molar-refractivity contribution in [1.29, 1.82) is 0 Å². The van der Waals surface area contributed by atoms with Crippen LogP contribution >= 0.6 is 13.5 Å². The molecule has 1 amide bonds. The van der Waals surface area contributed by atoms with Gasteiger partial charge in [0.15, 0.2) is 0 Å².